The van der Waals surface area contributed by atoms with Gasteiger partial charge in [-0.25, -0.2) is 0 Å². The average molecular weight is 392 g/mol. The lowest BCUT2D eigenvalue weighted by Crippen LogP contribution is -2.48. The van der Waals surface area contributed by atoms with Gasteiger partial charge >= 0.3 is 0 Å². The van der Waals surface area contributed by atoms with E-state index in [-0.39, 0.29) is 5.91 Å². The first kappa shape index (κ1) is 19.2. The van der Waals surface area contributed by atoms with Crippen molar-refractivity contribution in [2.75, 3.05) is 38.0 Å². The summed E-state index contributed by atoms with van der Waals surface area (Å²) in [5.74, 6) is 0.00141. The maximum Gasteiger partial charge on any atom is 0.238 e. The first-order valence-corrected chi connectivity index (χ1v) is 9.50. The monoisotopic (exact) mass is 391 g/mol. The highest BCUT2D eigenvalue weighted by Gasteiger charge is 2.19. The number of aryl methyl sites for hydroxylation is 1. The minimum Gasteiger partial charge on any atom is -0.325 e. The van der Waals surface area contributed by atoms with E-state index in [2.05, 4.69) is 27.2 Å². The number of benzene rings is 2. The van der Waals surface area contributed by atoms with E-state index >= 15 is 0 Å². The highest BCUT2D eigenvalue weighted by atomic mass is 35.5. The molecule has 4 nitrogen and oxygen atoms in total. The number of nitrogens with one attached hydrogen (secondary N) is 1. The van der Waals surface area contributed by atoms with Gasteiger partial charge in [-0.1, -0.05) is 41.4 Å². The van der Waals surface area contributed by atoms with Crippen LogP contribution in [0.25, 0.3) is 0 Å². The number of nitrogens with zero attached hydrogens (tertiary/aromatic N) is 2. The zero-order valence-corrected chi connectivity index (χ0v) is 16.4. The summed E-state index contributed by atoms with van der Waals surface area (Å²) >= 11 is 11.9. The first-order valence-electron chi connectivity index (χ1n) is 8.75. The highest BCUT2D eigenvalue weighted by molar-refractivity contribution is 6.31. The van der Waals surface area contributed by atoms with Gasteiger partial charge in [0, 0.05) is 48.5 Å². The number of anilines is 1. The molecule has 1 amide bonds. The van der Waals surface area contributed by atoms with Crippen molar-refractivity contribution >= 4 is 34.8 Å². The molecule has 1 aliphatic rings. The van der Waals surface area contributed by atoms with Crippen LogP contribution in [0, 0.1) is 6.92 Å². The van der Waals surface area contributed by atoms with Gasteiger partial charge in [-0.3, -0.25) is 14.6 Å². The molecule has 2 aromatic rings. The molecule has 1 saturated heterocycles. The van der Waals surface area contributed by atoms with E-state index in [1.807, 2.05) is 31.2 Å². The van der Waals surface area contributed by atoms with Crippen LogP contribution in [-0.4, -0.2) is 48.4 Å². The summed E-state index contributed by atoms with van der Waals surface area (Å²) < 4.78 is 0. The summed E-state index contributed by atoms with van der Waals surface area (Å²) in [6, 6.07) is 13.5. The molecule has 0 bridgehead atoms. The standard InChI is InChI=1S/C20H23Cl2N3O/c1-15-2-5-18(22)12-19(15)23-20(26)14-25-10-8-24(9-11-25)13-16-3-6-17(21)7-4-16/h2-7,12H,8-11,13-14H2,1H3,(H,23,26). The Labute approximate surface area is 164 Å². The van der Waals surface area contributed by atoms with Crippen molar-refractivity contribution in [1.29, 1.82) is 0 Å². The summed E-state index contributed by atoms with van der Waals surface area (Å²) in [7, 11) is 0. The predicted octanol–water partition coefficient (Wildman–Crippen LogP) is 4.06. The maximum atomic E-state index is 12.3. The first-order chi connectivity index (χ1) is 12.5. The second-order valence-electron chi connectivity index (χ2n) is 6.69. The van der Waals surface area contributed by atoms with Gasteiger partial charge < -0.3 is 5.32 Å². The Kier molecular flexibility index (Phi) is 6.54. The number of hydrogen-bond donors (Lipinski definition) is 1. The Bertz CT molecular complexity index is 756. The molecule has 6 heteroatoms. The van der Waals surface area contributed by atoms with Crippen LogP contribution in [0.4, 0.5) is 5.69 Å². The van der Waals surface area contributed by atoms with E-state index in [0.29, 0.717) is 11.6 Å². The van der Waals surface area contributed by atoms with Gasteiger partial charge in [-0.15, -0.1) is 0 Å². The number of hydrogen-bond acceptors (Lipinski definition) is 3. The Balaban J connectivity index is 1.45. The smallest absolute Gasteiger partial charge is 0.238 e. The zero-order valence-electron chi connectivity index (χ0n) is 14.8. The van der Waals surface area contributed by atoms with Crippen molar-refractivity contribution in [2.45, 2.75) is 13.5 Å². The van der Waals surface area contributed by atoms with Crippen LogP contribution in [0.1, 0.15) is 11.1 Å². The van der Waals surface area contributed by atoms with Gasteiger partial charge in [0.1, 0.15) is 0 Å². The van der Waals surface area contributed by atoms with Crippen LogP contribution in [0.2, 0.25) is 10.0 Å². The van der Waals surface area contributed by atoms with Crippen LogP contribution < -0.4 is 5.32 Å². The minimum atomic E-state index is 0.00141. The number of piperazine rings is 1. The van der Waals surface area contributed by atoms with Crippen LogP contribution >= 0.6 is 23.2 Å². The van der Waals surface area contributed by atoms with Gasteiger partial charge in [-0.2, -0.15) is 0 Å². The Hall–Kier alpha value is -1.59. The van der Waals surface area contributed by atoms with E-state index in [4.69, 9.17) is 23.2 Å². The lowest BCUT2D eigenvalue weighted by Gasteiger charge is -2.34. The third kappa shape index (κ3) is 5.45. The zero-order chi connectivity index (χ0) is 18.5. The normalized spacial score (nSPS) is 15.8. The molecule has 0 saturated carbocycles. The molecule has 1 heterocycles. The average Bonchev–Trinajstić information content (AvgIpc) is 2.62. The van der Waals surface area contributed by atoms with Crippen LogP contribution in [0.5, 0.6) is 0 Å². The number of rotatable bonds is 5. The van der Waals surface area contributed by atoms with E-state index in [9.17, 15) is 4.79 Å². The largest absolute Gasteiger partial charge is 0.325 e. The van der Waals surface area contributed by atoms with E-state index in [1.165, 1.54) is 5.56 Å². The topological polar surface area (TPSA) is 35.6 Å². The Morgan fingerprint density at radius 2 is 1.58 bits per heavy atom. The Morgan fingerprint density at radius 1 is 0.962 bits per heavy atom. The second kappa shape index (κ2) is 8.87. The third-order valence-corrected chi connectivity index (χ3v) is 5.11. The molecule has 0 atom stereocenters. The molecule has 0 unspecified atom stereocenters. The van der Waals surface area contributed by atoms with Crippen molar-refractivity contribution in [2.24, 2.45) is 0 Å². The number of amides is 1. The molecular formula is C20H23Cl2N3O. The fourth-order valence-electron chi connectivity index (χ4n) is 3.08. The van der Waals surface area contributed by atoms with Crippen LogP contribution in [-0.2, 0) is 11.3 Å². The van der Waals surface area contributed by atoms with E-state index in [0.717, 1.165) is 49.0 Å². The molecule has 1 aliphatic heterocycles. The molecule has 1 N–H and O–H groups in total. The van der Waals surface area contributed by atoms with Crippen molar-refractivity contribution in [3.8, 4) is 0 Å². The Morgan fingerprint density at radius 3 is 2.27 bits per heavy atom. The highest BCUT2D eigenvalue weighted by Crippen LogP contribution is 2.20. The summed E-state index contributed by atoms with van der Waals surface area (Å²) in [6.45, 7) is 6.95. The summed E-state index contributed by atoms with van der Waals surface area (Å²) in [5.41, 5.74) is 3.05. The quantitative estimate of drug-likeness (QED) is 0.834. The number of carbonyl (C=O) groups excluding carboxylic acids is 1. The fraction of sp³-hybridized carbons (Fsp3) is 0.350. The van der Waals surface area contributed by atoms with Gasteiger partial charge in [0.15, 0.2) is 0 Å². The van der Waals surface area contributed by atoms with Crippen molar-refractivity contribution in [1.82, 2.24) is 9.80 Å². The SMILES string of the molecule is Cc1ccc(Cl)cc1NC(=O)CN1CCN(Cc2ccc(Cl)cc2)CC1. The predicted molar refractivity (Wildman–Crippen MR) is 108 cm³/mol. The molecule has 0 radical (unpaired) electrons. The molecule has 26 heavy (non-hydrogen) atoms. The fourth-order valence-corrected chi connectivity index (χ4v) is 3.37. The van der Waals surface area contributed by atoms with E-state index in [1.54, 1.807) is 6.07 Å². The molecule has 3 rings (SSSR count). The molecular weight excluding hydrogens is 369 g/mol. The summed E-state index contributed by atoms with van der Waals surface area (Å²) in [4.78, 5) is 16.9. The van der Waals surface area contributed by atoms with Gasteiger partial charge in [0.2, 0.25) is 5.91 Å². The minimum absolute atomic E-state index is 0.00141. The summed E-state index contributed by atoms with van der Waals surface area (Å²) in [5, 5.41) is 4.35. The molecule has 0 aliphatic carbocycles. The third-order valence-electron chi connectivity index (χ3n) is 4.63. The number of carbonyl (C=O) groups is 1. The van der Waals surface area contributed by atoms with Gasteiger partial charge in [0.05, 0.1) is 6.54 Å². The van der Waals surface area contributed by atoms with Gasteiger partial charge in [-0.05, 0) is 42.3 Å². The van der Waals surface area contributed by atoms with Crippen LogP contribution in [0.15, 0.2) is 42.5 Å². The van der Waals surface area contributed by atoms with Crippen molar-refractivity contribution in [3.63, 3.8) is 0 Å². The number of halogens is 2. The molecule has 138 valence electrons. The summed E-state index contributed by atoms with van der Waals surface area (Å²) in [6.07, 6.45) is 0. The molecule has 0 aromatic heterocycles. The van der Waals surface area contributed by atoms with Gasteiger partial charge in [0.25, 0.3) is 0 Å². The molecule has 0 spiro atoms. The lowest BCUT2D eigenvalue weighted by molar-refractivity contribution is -0.117. The maximum absolute atomic E-state index is 12.3. The lowest BCUT2D eigenvalue weighted by atomic mass is 10.2. The van der Waals surface area contributed by atoms with Crippen molar-refractivity contribution < 1.29 is 4.79 Å². The van der Waals surface area contributed by atoms with Crippen molar-refractivity contribution in [3.05, 3.63) is 63.6 Å². The molecule has 1 fully saturated rings. The molecule has 2 aromatic carbocycles. The van der Waals surface area contributed by atoms with Crippen LogP contribution in [0.3, 0.4) is 0 Å². The van der Waals surface area contributed by atoms with E-state index < -0.39 is 0 Å². The second-order valence-corrected chi connectivity index (χ2v) is 7.56.